The van der Waals surface area contributed by atoms with Crippen LogP contribution in [0.25, 0.3) is 0 Å². The zero-order valence-electron chi connectivity index (χ0n) is 4.95. The molecule has 1 aliphatic rings. The van der Waals surface area contributed by atoms with Gasteiger partial charge in [0.05, 0.1) is 0 Å². The average molecular weight is 146 g/mol. The minimum Gasteiger partial charge on any atom is -0.391 e. The molecule has 0 saturated carbocycles. The first-order chi connectivity index (χ1) is 4.30. The molecule has 0 aromatic rings. The molecule has 1 heterocycles. The molecule has 0 aromatic carbocycles. The van der Waals surface area contributed by atoms with Crippen molar-refractivity contribution in [2.45, 2.75) is 12.1 Å². The molecule has 4 heteroatoms. The van der Waals surface area contributed by atoms with Gasteiger partial charge >= 0.3 is 8.03 Å². The number of allylic oxidation sites excluding steroid dienone is 1. The van der Waals surface area contributed by atoms with Crippen LogP contribution in [0.3, 0.4) is 0 Å². The molecule has 0 radical (unpaired) electrons. The van der Waals surface area contributed by atoms with E-state index in [1.165, 1.54) is 0 Å². The summed E-state index contributed by atoms with van der Waals surface area (Å²) in [5, 5.41) is 2.95. The Morgan fingerprint density at radius 3 is 2.89 bits per heavy atom. The second-order valence-electron chi connectivity index (χ2n) is 1.97. The Bertz CT molecular complexity index is 146. The van der Waals surface area contributed by atoms with Gasteiger partial charge in [-0.3, -0.25) is 0 Å². The molecule has 0 aromatic heterocycles. The second-order valence-corrected chi connectivity index (χ2v) is 3.24. The normalized spacial score (nSPS) is 27.2. The number of rotatable bonds is 1. The van der Waals surface area contributed by atoms with Crippen molar-refractivity contribution in [3.05, 3.63) is 12.3 Å². The lowest BCUT2D eigenvalue weighted by Crippen LogP contribution is -2.18. The minimum absolute atomic E-state index is 0.124. The van der Waals surface area contributed by atoms with Crippen molar-refractivity contribution in [3.63, 3.8) is 0 Å². The molecule has 0 spiro atoms. The summed E-state index contributed by atoms with van der Waals surface area (Å²) in [4.78, 5) is 8.61. The molecule has 0 fully saturated rings. The summed E-state index contributed by atoms with van der Waals surface area (Å²) in [6, 6.07) is 0. The highest BCUT2D eigenvalue weighted by molar-refractivity contribution is 7.39. The van der Waals surface area contributed by atoms with Gasteiger partial charge in [0.2, 0.25) is 5.66 Å². The van der Waals surface area contributed by atoms with E-state index in [0.29, 0.717) is 0 Å². The van der Waals surface area contributed by atoms with Gasteiger partial charge in [0, 0.05) is 13.0 Å². The van der Waals surface area contributed by atoms with Crippen LogP contribution in [0.4, 0.5) is 0 Å². The average Bonchev–Trinajstić information content (AvgIpc) is 1.90. The fourth-order valence-electron chi connectivity index (χ4n) is 0.774. The summed E-state index contributed by atoms with van der Waals surface area (Å²) in [5.41, 5.74) is -0.124. The van der Waals surface area contributed by atoms with Gasteiger partial charge in [-0.05, 0) is 16.8 Å². The Morgan fingerprint density at radius 1 is 1.78 bits per heavy atom. The fourth-order valence-corrected chi connectivity index (χ4v) is 1.36. The lowest BCUT2D eigenvalue weighted by Gasteiger charge is -2.05. The monoisotopic (exact) mass is 146 g/mol. The Morgan fingerprint density at radius 2 is 2.56 bits per heavy atom. The molecule has 0 amide bonds. The van der Waals surface area contributed by atoms with Crippen LogP contribution in [-0.2, 0) is 4.57 Å². The van der Waals surface area contributed by atoms with Gasteiger partial charge < -0.3 is 5.32 Å². The van der Waals surface area contributed by atoms with E-state index in [2.05, 4.69) is 5.32 Å². The molecule has 2 unspecified atom stereocenters. The molecule has 2 atom stereocenters. The molecule has 1 rings (SSSR count). The van der Waals surface area contributed by atoms with E-state index >= 15 is 0 Å². The lowest BCUT2D eigenvalue weighted by atomic mass is 10.2. The van der Waals surface area contributed by atoms with Crippen molar-refractivity contribution in [1.82, 2.24) is 5.32 Å². The topological polar surface area (TPSA) is 49.3 Å². The molecule has 0 aliphatic carbocycles. The molecular formula is C5H9NO2P+. The molecule has 1 aliphatic heterocycles. The molecule has 9 heavy (non-hydrogen) atoms. The predicted octanol–water partition coefficient (Wildman–Crippen LogP) is 0.597. The van der Waals surface area contributed by atoms with E-state index < -0.39 is 8.03 Å². The Hall–Kier alpha value is -0.400. The maximum atomic E-state index is 10.4. The Balaban J connectivity index is 2.50. The van der Waals surface area contributed by atoms with Gasteiger partial charge in [-0.15, -0.1) is 0 Å². The van der Waals surface area contributed by atoms with Crippen molar-refractivity contribution in [2.24, 2.45) is 0 Å². The Labute approximate surface area is 54.6 Å². The van der Waals surface area contributed by atoms with Gasteiger partial charge in [0.15, 0.2) is 0 Å². The quantitative estimate of drug-likeness (QED) is 0.532. The first-order valence-corrected chi connectivity index (χ1v) is 4.14. The van der Waals surface area contributed by atoms with Crippen molar-refractivity contribution >= 4 is 8.03 Å². The van der Waals surface area contributed by atoms with Crippen LogP contribution >= 0.6 is 8.03 Å². The van der Waals surface area contributed by atoms with Crippen LogP contribution in [0.5, 0.6) is 0 Å². The van der Waals surface area contributed by atoms with E-state index in [1.807, 2.05) is 0 Å². The van der Waals surface area contributed by atoms with E-state index in [4.69, 9.17) is 4.89 Å². The second kappa shape index (κ2) is 2.95. The highest BCUT2D eigenvalue weighted by atomic mass is 31.1. The summed E-state index contributed by atoms with van der Waals surface area (Å²) >= 11 is 0. The van der Waals surface area contributed by atoms with Crippen LogP contribution < -0.4 is 5.32 Å². The van der Waals surface area contributed by atoms with E-state index in [0.717, 1.165) is 13.0 Å². The lowest BCUT2D eigenvalue weighted by molar-refractivity contribution is 0.490. The zero-order valence-corrected chi connectivity index (χ0v) is 5.84. The molecule has 50 valence electrons. The first kappa shape index (κ1) is 6.72. The molecular weight excluding hydrogens is 137 g/mol. The van der Waals surface area contributed by atoms with Gasteiger partial charge in [-0.2, -0.15) is 4.89 Å². The summed E-state index contributed by atoms with van der Waals surface area (Å²) in [6.07, 6.45) is 4.24. The van der Waals surface area contributed by atoms with Crippen LogP contribution in [0.15, 0.2) is 12.3 Å². The SMILES string of the molecule is O=[P+](O)C1C=CNCC1. The maximum absolute atomic E-state index is 10.4. The van der Waals surface area contributed by atoms with Crippen LogP contribution in [0.1, 0.15) is 6.42 Å². The van der Waals surface area contributed by atoms with Gasteiger partial charge in [-0.1, -0.05) is 0 Å². The molecule has 0 saturated heterocycles. The van der Waals surface area contributed by atoms with Gasteiger partial charge in [-0.25, -0.2) is 0 Å². The van der Waals surface area contributed by atoms with Crippen molar-refractivity contribution < 1.29 is 9.46 Å². The van der Waals surface area contributed by atoms with E-state index in [-0.39, 0.29) is 5.66 Å². The van der Waals surface area contributed by atoms with E-state index in [1.54, 1.807) is 12.3 Å². The predicted molar refractivity (Wildman–Crippen MR) is 35.4 cm³/mol. The summed E-state index contributed by atoms with van der Waals surface area (Å²) in [6.45, 7) is 0.808. The minimum atomic E-state index is -2.00. The van der Waals surface area contributed by atoms with Crippen molar-refractivity contribution in [3.8, 4) is 0 Å². The number of hydrogen-bond donors (Lipinski definition) is 2. The van der Waals surface area contributed by atoms with Crippen LogP contribution in [0, 0.1) is 0 Å². The van der Waals surface area contributed by atoms with Gasteiger partial charge in [0.1, 0.15) is 0 Å². The first-order valence-electron chi connectivity index (χ1n) is 2.86. The highest BCUT2D eigenvalue weighted by Crippen LogP contribution is 2.26. The van der Waals surface area contributed by atoms with Crippen LogP contribution in [0.2, 0.25) is 0 Å². The zero-order chi connectivity index (χ0) is 6.69. The third-order valence-electron chi connectivity index (χ3n) is 1.30. The smallest absolute Gasteiger partial charge is 0.391 e. The van der Waals surface area contributed by atoms with Crippen molar-refractivity contribution in [1.29, 1.82) is 0 Å². The standard InChI is InChI=1S/C5H8NO2P/c7-9(8)5-1-3-6-4-2-5/h1,3,5-6H,2,4H2/p+1. The summed E-state index contributed by atoms with van der Waals surface area (Å²) in [5.74, 6) is 0. The summed E-state index contributed by atoms with van der Waals surface area (Å²) < 4.78 is 10.4. The fraction of sp³-hybridized carbons (Fsp3) is 0.600. The third-order valence-corrected chi connectivity index (χ3v) is 2.30. The van der Waals surface area contributed by atoms with Crippen LogP contribution in [-0.4, -0.2) is 17.1 Å². The number of nitrogens with one attached hydrogen (secondary N) is 1. The largest absolute Gasteiger partial charge is 0.513 e. The van der Waals surface area contributed by atoms with E-state index in [9.17, 15) is 4.57 Å². The van der Waals surface area contributed by atoms with Crippen molar-refractivity contribution in [2.75, 3.05) is 6.54 Å². The molecule has 0 bridgehead atoms. The third kappa shape index (κ3) is 1.77. The Kier molecular flexibility index (Phi) is 2.20. The molecule has 3 nitrogen and oxygen atoms in total. The maximum Gasteiger partial charge on any atom is 0.513 e. The number of hydrogen-bond acceptors (Lipinski definition) is 2. The van der Waals surface area contributed by atoms with Gasteiger partial charge in [0.25, 0.3) is 0 Å². The molecule has 2 N–H and O–H groups in total. The summed E-state index contributed by atoms with van der Waals surface area (Å²) in [7, 11) is -2.00. The highest BCUT2D eigenvalue weighted by Gasteiger charge is 2.26.